The summed E-state index contributed by atoms with van der Waals surface area (Å²) in [6.07, 6.45) is 42.6. The Kier molecular flexibility index (Phi) is 41.4. The Hall–Kier alpha value is -2.45. The van der Waals surface area contributed by atoms with Crippen LogP contribution in [0.2, 0.25) is 0 Å². The predicted octanol–water partition coefficient (Wildman–Crippen LogP) is 12.1. The van der Waals surface area contributed by atoms with Gasteiger partial charge < -0.3 is 39.9 Å². The van der Waals surface area contributed by atoms with E-state index in [4.69, 9.17) is 18.5 Å². The molecule has 0 aromatic carbocycles. The Morgan fingerprint density at radius 3 is 1.28 bits per heavy atom. The highest BCUT2D eigenvalue weighted by molar-refractivity contribution is 7.47. The summed E-state index contributed by atoms with van der Waals surface area (Å²) in [6, 6.07) is 0. The molecular formula is C55H97O13P. The molecule has 6 atom stereocenters. The van der Waals surface area contributed by atoms with Crippen LogP contribution in [0.25, 0.3) is 0 Å². The van der Waals surface area contributed by atoms with Gasteiger partial charge in [0.1, 0.15) is 43.2 Å². The fraction of sp³-hybridized carbons (Fsp3) is 0.782. The molecule has 0 saturated heterocycles. The second kappa shape index (κ2) is 44.3. The van der Waals surface area contributed by atoms with Crippen LogP contribution in [-0.4, -0.2) is 98.3 Å². The van der Waals surface area contributed by atoms with E-state index in [1.54, 1.807) is 0 Å². The highest BCUT2D eigenvalue weighted by Gasteiger charge is 2.51. The molecule has 1 aliphatic rings. The molecule has 0 radical (unpaired) electrons. The van der Waals surface area contributed by atoms with E-state index < -0.39 is 75.7 Å². The molecular weight excluding hydrogens is 900 g/mol. The third-order valence-corrected chi connectivity index (χ3v) is 13.3. The van der Waals surface area contributed by atoms with Crippen LogP contribution in [0.1, 0.15) is 219 Å². The molecule has 6 N–H and O–H groups in total. The summed E-state index contributed by atoms with van der Waals surface area (Å²) in [7, 11) is -5.13. The summed E-state index contributed by atoms with van der Waals surface area (Å²) < 4.78 is 33.7. The lowest BCUT2D eigenvalue weighted by Crippen LogP contribution is -2.64. The molecule has 0 aromatic rings. The third kappa shape index (κ3) is 36.2. The van der Waals surface area contributed by atoms with Gasteiger partial charge in [0.05, 0.1) is 6.61 Å². The number of allylic oxidation sites excluding steroid dienone is 10. The summed E-state index contributed by atoms with van der Waals surface area (Å²) in [5.41, 5.74) is 0. The molecule has 1 aliphatic carbocycles. The van der Waals surface area contributed by atoms with E-state index in [1.807, 2.05) is 0 Å². The first kappa shape index (κ1) is 64.6. The van der Waals surface area contributed by atoms with Gasteiger partial charge in [-0.2, -0.15) is 0 Å². The number of phosphoric ester groups is 1. The van der Waals surface area contributed by atoms with Gasteiger partial charge in [0, 0.05) is 12.8 Å². The molecule has 1 rings (SSSR count). The van der Waals surface area contributed by atoms with Crippen LogP contribution < -0.4 is 0 Å². The molecule has 1 fully saturated rings. The monoisotopic (exact) mass is 997 g/mol. The van der Waals surface area contributed by atoms with Crippen LogP contribution in [0.5, 0.6) is 0 Å². The highest BCUT2D eigenvalue weighted by Crippen LogP contribution is 2.47. The van der Waals surface area contributed by atoms with Crippen LogP contribution in [0.4, 0.5) is 0 Å². The first-order valence-corrected chi connectivity index (χ1v) is 28.6. The molecule has 0 amide bonds. The molecule has 400 valence electrons. The van der Waals surface area contributed by atoms with E-state index in [0.29, 0.717) is 12.8 Å². The Morgan fingerprint density at radius 1 is 0.464 bits per heavy atom. The predicted molar refractivity (Wildman–Crippen MR) is 276 cm³/mol. The summed E-state index contributed by atoms with van der Waals surface area (Å²) in [4.78, 5) is 35.9. The minimum absolute atomic E-state index is 0.0888. The number of carbonyl (C=O) groups is 2. The zero-order chi connectivity index (χ0) is 50.6. The van der Waals surface area contributed by atoms with Gasteiger partial charge in [-0.3, -0.25) is 18.6 Å². The average molecular weight is 997 g/mol. The smallest absolute Gasteiger partial charge is 0.462 e. The average Bonchev–Trinajstić information content (AvgIpc) is 3.33. The Bertz CT molecular complexity index is 1430. The van der Waals surface area contributed by atoms with E-state index >= 15 is 0 Å². The third-order valence-electron chi connectivity index (χ3n) is 12.3. The van der Waals surface area contributed by atoms with Gasteiger partial charge in [0.25, 0.3) is 0 Å². The number of aliphatic hydroxyl groups excluding tert-OH is 5. The van der Waals surface area contributed by atoms with Crippen molar-refractivity contribution in [1.82, 2.24) is 0 Å². The lowest BCUT2D eigenvalue weighted by molar-refractivity contribution is -0.220. The Labute approximate surface area is 417 Å². The summed E-state index contributed by atoms with van der Waals surface area (Å²) in [5, 5.41) is 50.3. The molecule has 6 unspecified atom stereocenters. The Morgan fingerprint density at radius 2 is 0.826 bits per heavy atom. The molecule has 0 bridgehead atoms. The van der Waals surface area contributed by atoms with Gasteiger partial charge in [-0.25, -0.2) is 4.57 Å². The maximum atomic E-state index is 12.9. The molecule has 0 aliphatic heterocycles. The zero-order valence-corrected chi connectivity index (χ0v) is 43.7. The lowest BCUT2D eigenvalue weighted by Gasteiger charge is -2.41. The second-order valence-corrected chi connectivity index (χ2v) is 20.1. The molecule has 0 aromatic heterocycles. The largest absolute Gasteiger partial charge is 0.472 e. The number of unbranched alkanes of at least 4 members (excludes halogenated alkanes) is 23. The van der Waals surface area contributed by atoms with Crippen molar-refractivity contribution in [3.05, 3.63) is 60.8 Å². The van der Waals surface area contributed by atoms with Crippen LogP contribution >= 0.6 is 7.82 Å². The highest BCUT2D eigenvalue weighted by atomic mass is 31.2. The maximum Gasteiger partial charge on any atom is 0.472 e. The Balaban J connectivity index is 2.37. The summed E-state index contributed by atoms with van der Waals surface area (Å²) >= 11 is 0. The van der Waals surface area contributed by atoms with Crippen molar-refractivity contribution in [2.75, 3.05) is 13.2 Å². The number of phosphoric acid groups is 1. The van der Waals surface area contributed by atoms with Crippen LogP contribution in [0.3, 0.4) is 0 Å². The van der Waals surface area contributed by atoms with Crippen molar-refractivity contribution >= 4 is 19.8 Å². The zero-order valence-electron chi connectivity index (χ0n) is 42.8. The van der Waals surface area contributed by atoms with Crippen LogP contribution in [0.15, 0.2) is 60.8 Å². The number of hydrogen-bond acceptors (Lipinski definition) is 12. The fourth-order valence-electron chi connectivity index (χ4n) is 8.04. The van der Waals surface area contributed by atoms with Gasteiger partial charge in [0.2, 0.25) is 0 Å². The van der Waals surface area contributed by atoms with Gasteiger partial charge >= 0.3 is 19.8 Å². The van der Waals surface area contributed by atoms with Crippen molar-refractivity contribution < 1.29 is 63.1 Å². The minimum Gasteiger partial charge on any atom is -0.462 e. The first-order valence-electron chi connectivity index (χ1n) is 27.1. The van der Waals surface area contributed by atoms with E-state index in [2.05, 4.69) is 74.6 Å². The van der Waals surface area contributed by atoms with Crippen molar-refractivity contribution in [1.29, 1.82) is 0 Å². The van der Waals surface area contributed by atoms with Crippen molar-refractivity contribution in [3.8, 4) is 0 Å². The summed E-state index contributed by atoms with van der Waals surface area (Å²) in [5.74, 6) is -1.11. The van der Waals surface area contributed by atoms with E-state index in [1.165, 1.54) is 89.9 Å². The molecule has 1 saturated carbocycles. The van der Waals surface area contributed by atoms with E-state index in [9.17, 15) is 44.6 Å². The number of rotatable bonds is 45. The molecule has 13 nitrogen and oxygen atoms in total. The second-order valence-electron chi connectivity index (χ2n) is 18.7. The summed E-state index contributed by atoms with van der Waals surface area (Å²) in [6.45, 7) is 3.20. The quantitative estimate of drug-likeness (QED) is 0.0145. The van der Waals surface area contributed by atoms with Crippen LogP contribution in [0, 0.1) is 0 Å². The molecule has 0 heterocycles. The number of esters is 2. The topological polar surface area (TPSA) is 210 Å². The molecule has 14 heteroatoms. The standard InChI is InChI=1S/C55H97O13P/c1-3-5-7-9-11-13-15-17-19-21-22-23-24-25-26-28-30-32-34-36-38-40-42-44-49(57)67-47(46-66-69(63,64)68-55-53(61)51(59)50(58)52(60)54(55)62)45-65-48(56)43-41-39-37-35-33-31-29-27-20-18-16-14-12-10-8-6-4-2/h5,7,11,13,17-20,22-23,47,50-55,58-62H,3-4,6,8-10,12,14-16,21,24-46H2,1-2H3,(H,63,64)/b7-5-,13-11-,19-17-,20-18-,23-22-. The van der Waals surface area contributed by atoms with Crippen LogP contribution in [-0.2, 0) is 32.7 Å². The molecule has 69 heavy (non-hydrogen) atoms. The lowest BCUT2D eigenvalue weighted by atomic mass is 9.85. The number of hydrogen-bond donors (Lipinski definition) is 6. The first-order chi connectivity index (χ1) is 33.4. The van der Waals surface area contributed by atoms with Crippen molar-refractivity contribution in [3.63, 3.8) is 0 Å². The van der Waals surface area contributed by atoms with Gasteiger partial charge in [0.15, 0.2) is 6.10 Å². The maximum absolute atomic E-state index is 12.9. The van der Waals surface area contributed by atoms with Crippen molar-refractivity contribution in [2.24, 2.45) is 0 Å². The normalized spacial score (nSPS) is 21.3. The fourth-order valence-corrected chi connectivity index (χ4v) is 9.01. The number of carbonyl (C=O) groups excluding carboxylic acids is 2. The molecule has 0 spiro atoms. The van der Waals surface area contributed by atoms with Crippen molar-refractivity contribution in [2.45, 2.75) is 262 Å². The number of ether oxygens (including phenoxy) is 2. The van der Waals surface area contributed by atoms with E-state index in [-0.39, 0.29) is 12.8 Å². The van der Waals surface area contributed by atoms with E-state index in [0.717, 1.165) is 89.9 Å². The van der Waals surface area contributed by atoms with Gasteiger partial charge in [-0.15, -0.1) is 0 Å². The SMILES string of the molecule is CC/C=C\C/C=C\C/C=C\C/C=C\CCCCCCCCCCCCC(=O)OC(COC(=O)CCCCCCCCC/C=C\CCCCCCCC)COP(=O)(O)OC1C(O)C(O)C(O)C(O)C1O. The van der Waals surface area contributed by atoms with Gasteiger partial charge in [-0.1, -0.05) is 190 Å². The minimum atomic E-state index is -5.13. The number of aliphatic hydroxyl groups is 5. The van der Waals surface area contributed by atoms with Gasteiger partial charge in [-0.05, 0) is 77.0 Å².